The molecule has 3 aromatic rings. The van der Waals surface area contributed by atoms with Gasteiger partial charge in [-0.1, -0.05) is 18.2 Å². The van der Waals surface area contributed by atoms with Crippen LogP contribution in [0, 0.1) is 11.7 Å². The fraction of sp³-hybridized carbons (Fsp3) is 0.308. The van der Waals surface area contributed by atoms with Gasteiger partial charge in [-0.25, -0.2) is 14.2 Å². The molecule has 1 aliphatic rings. The lowest BCUT2D eigenvalue weighted by atomic mass is 9.97. The van der Waals surface area contributed by atoms with Crippen molar-refractivity contribution >= 4 is 28.7 Å². The van der Waals surface area contributed by atoms with Crippen molar-refractivity contribution < 1.29 is 28.2 Å². The lowest BCUT2D eigenvalue weighted by Gasteiger charge is -2.30. The third-order valence-electron chi connectivity index (χ3n) is 5.87. The summed E-state index contributed by atoms with van der Waals surface area (Å²) in [5, 5.41) is 0.598. The zero-order chi connectivity index (χ0) is 24.1. The minimum absolute atomic E-state index is 0.209. The Morgan fingerprint density at radius 2 is 1.74 bits per heavy atom. The zero-order valence-corrected chi connectivity index (χ0v) is 18.8. The second kappa shape index (κ2) is 10.4. The van der Waals surface area contributed by atoms with Crippen molar-refractivity contribution in [3.63, 3.8) is 0 Å². The van der Waals surface area contributed by atoms with Gasteiger partial charge in [0.2, 0.25) is 0 Å². The SMILES string of the molecule is CCOC(=O)C1CCN(C(=O)COC(=O)c2cc(-c3ccc(F)cc3)nc3ccccc23)CC1. The predicted molar refractivity (Wildman–Crippen MR) is 123 cm³/mol. The molecule has 0 atom stereocenters. The number of benzene rings is 2. The Balaban J connectivity index is 1.45. The molecule has 0 N–H and O–H groups in total. The van der Waals surface area contributed by atoms with Crippen LogP contribution in [-0.4, -0.2) is 54.0 Å². The molecule has 0 radical (unpaired) electrons. The van der Waals surface area contributed by atoms with Crippen molar-refractivity contribution in [3.8, 4) is 11.3 Å². The molecule has 176 valence electrons. The molecule has 0 saturated carbocycles. The molecule has 2 heterocycles. The van der Waals surface area contributed by atoms with E-state index in [4.69, 9.17) is 9.47 Å². The summed E-state index contributed by atoms with van der Waals surface area (Å²) in [5.41, 5.74) is 2.02. The number of esters is 2. The van der Waals surface area contributed by atoms with Gasteiger partial charge in [0.15, 0.2) is 6.61 Å². The molecule has 1 aliphatic heterocycles. The number of pyridine rings is 1. The first-order valence-corrected chi connectivity index (χ1v) is 11.2. The number of hydrogen-bond donors (Lipinski definition) is 0. The van der Waals surface area contributed by atoms with Crippen LogP contribution in [0.5, 0.6) is 0 Å². The molecule has 34 heavy (non-hydrogen) atoms. The maximum atomic E-state index is 13.3. The standard InChI is InChI=1S/C26H25FN2O5/c1-2-33-25(31)18-11-13-29(14-12-18)24(30)16-34-26(32)21-15-23(17-7-9-19(27)10-8-17)28-22-6-4-3-5-20(21)22/h3-10,15,18H,2,11-14,16H2,1H3. The second-order valence-corrected chi connectivity index (χ2v) is 8.06. The van der Waals surface area contributed by atoms with Gasteiger partial charge in [0.05, 0.1) is 29.3 Å². The number of piperidine rings is 1. The first-order chi connectivity index (χ1) is 16.5. The Labute approximate surface area is 196 Å². The monoisotopic (exact) mass is 464 g/mol. The van der Waals surface area contributed by atoms with Crippen LogP contribution >= 0.6 is 0 Å². The van der Waals surface area contributed by atoms with Crippen LogP contribution in [0.4, 0.5) is 4.39 Å². The van der Waals surface area contributed by atoms with E-state index in [1.165, 1.54) is 12.1 Å². The van der Waals surface area contributed by atoms with E-state index < -0.39 is 12.6 Å². The van der Waals surface area contributed by atoms with Crippen LogP contribution in [0.1, 0.15) is 30.1 Å². The number of aromatic nitrogens is 1. The van der Waals surface area contributed by atoms with E-state index in [0.29, 0.717) is 54.7 Å². The molecule has 4 rings (SSSR count). The highest BCUT2D eigenvalue weighted by atomic mass is 19.1. The quantitative estimate of drug-likeness (QED) is 0.513. The van der Waals surface area contributed by atoms with Crippen LogP contribution in [0.15, 0.2) is 54.6 Å². The average molecular weight is 464 g/mol. The van der Waals surface area contributed by atoms with Crippen molar-refractivity contribution in [3.05, 3.63) is 66.0 Å². The van der Waals surface area contributed by atoms with Gasteiger partial charge in [-0.2, -0.15) is 0 Å². The molecule has 8 heteroatoms. The molecule has 0 spiro atoms. The fourth-order valence-corrected chi connectivity index (χ4v) is 4.03. The Bertz CT molecular complexity index is 1200. The number of ether oxygens (including phenoxy) is 2. The van der Waals surface area contributed by atoms with E-state index in [9.17, 15) is 18.8 Å². The van der Waals surface area contributed by atoms with Crippen LogP contribution in [-0.2, 0) is 19.1 Å². The number of rotatable bonds is 6. The largest absolute Gasteiger partial charge is 0.466 e. The van der Waals surface area contributed by atoms with E-state index in [1.807, 2.05) is 6.07 Å². The van der Waals surface area contributed by atoms with Crippen LogP contribution in [0.3, 0.4) is 0 Å². The van der Waals surface area contributed by atoms with E-state index >= 15 is 0 Å². The summed E-state index contributed by atoms with van der Waals surface area (Å²) < 4.78 is 23.8. The normalized spacial score (nSPS) is 14.1. The lowest BCUT2D eigenvalue weighted by molar-refractivity contribution is -0.151. The molecular weight excluding hydrogens is 439 g/mol. The number of amides is 1. The van der Waals surface area contributed by atoms with E-state index in [0.717, 1.165) is 0 Å². The highest BCUT2D eigenvalue weighted by Crippen LogP contribution is 2.26. The van der Waals surface area contributed by atoms with E-state index in [1.54, 1.807) is 48.2 Å². The minimum atomic E-state index is -0.642. The number of nitrogens with zero attached hydrogens (tertiary/aromatic N) is 2. The second-order valence-electron chi connectivity index (χ2n) is 8.06. The molecular formula is C26H25FN2O5. The number of para-hydroxylation sites is 1. The van der Waals surface area contributed by atoms with Crippen LogP contribution in [0.2, 0.25) is 0 Å². The zero-order valence-electron chi connectivity index (χ0n) is 18.8. The number of carbonyl (C=O) groups excluding carboxylic acids is 3. The van der Waals surface area contributed by atoms with Crippen molar-refractivity contribution in [2.45, 2.75) is 19.8 Å². The van der Waals surface area contributed by atoms with Gasteiger partial charge in [0.25, 0.3) is 5.91 Å². The number of carbonyl (C=O) groups is 3. The third-order valence-corrected chi connectivity index (χ3v) is 5.87. The highest BCUT2D eigenvalue weighted by molar-refractivity contribution is 6.05. The van der Waals surface area contributed by atoms with Crippen molar-refractivity contribution in [1.82, 2.24) is 9.88 Å². The number of fused-ring (bicyclic) bond motifs is 1. The predicted octanol–water partition coefficient (Wildman–Crippen LogP) is 4.00. The van der Waals surface area contributed by atoms with Gasteiger partial charge in [0, 0.05) is 24.0 Å². The van der Waals surface area contributed by atoms with Crippen LogP contribution in [0.25, 0.3) is 22.2 Å². The minimum Gasteiger partial charge on any atom is -0.466 e. The van der Waals surface area contributed by atoms with Crippen LogP contribution < -0.4 is 0 Å². The van der Waals surface area contributed by atoms with Crippen molar-refractivity contribution in [1.29, 1.82) is 0 Å². The number of hydrogen-bond acceptors (Lipinski definition) is 6. The van der Waals surface area contributed by atoms with Gasteiger partial charge in [-0.3, -0.25) is 9.59 Å². The van der Waals surface area contributed by atoms with Gasteiger partial charge in [-0.15, -0.1) is 0 Å². The third kappa shape index (κ3) is 5.22. The molecule has 1 aromatic heterocycles. The van der Waals surface area contributed by atoms with Crippen molar-refractivity contribution in [2.75, 3.05) is 26.3 Å². The molecule has 7 nitrogen and oxygen atoms in total. The number of halogens is 1. The molecule has 0 aliphatic carbocycles. The summed E-state index contributed by atoms with van der Waals surface area (Å²) in [5.74, 6) is -1.76. The van der Waals surface area contributed by atoms with Gasteiger partial charge in [0.1, 0.15) is 5.82 Å². The summed E-state index contributed by atoms with van der Waals surface area (Å²) in [6.07, 6.45) is 1.04. The molecule has 1 fully saturated rings. The topological polar surface area (TPSA) is 85.8 Å². The first kappa shape index (κ1) is 23.4. The fourth-order valence-electron chi connectivity index (χ4n) is 4.03. The Hall–Kier alpha value is -3.81. The molecule has 1 saturated heterocycles. The number of likely N-dealkylation sites (tertiary alicyclic amines) is 1. The smallest absolute Gasteiger partial charge is 0.339 e. The maximum Gasteiger partial charge on any atom is 0.339 e. The first-order valence-electron chi connectivity index (χ1n) is 11.2. The van der Waals surface area contributed by atoms with E-state index in [2.05, 4.69) is 4.98 Å². The molecule has 2 aromatic carbocycles. The van der Waals surface area contributed by atoms with Gasteiger partial charge in [-0.05, 0) is 56.2 Å². The Morgan fingerprint density at radius 1 is 1.03 bits per heavy atom. The van der Waals surface area contributed by atoms with Gasteiger partial charge < -0.3 is 14.4 Å². The Morgan fingerprint density at radius 3 is 2.44 bits per heavy atom. The molecule has 0 bridgehead atoms. The van der Waals surface area contributed by atoms with E-state index in [-0.39, 0.29) is 29.2 Å². The summed E-state index contributed by atoms with van der Waals surface area (Å²) in [6.45, 7) is 2.52. The molecule has 0 unspecified atom stereocenters. The summed E-state index contributed by atoms with van der Waals surface area (Å²) in [4.78, 5) is 43.6. The summed E-state index contributed by atoms with van der Waals surface area (Å²) in [6, 6.07) is 14.6. The lowest BCUT2D eigenvalue weighted by Crippen LogP contribution is -2.42. The Kier molecular flexibility index (Phi) is 7.15. The molecule has 1 amide bonds. The summed E-state index contributed by atoms with van der Waals surface area (Å²) >= 11 is 0. The average Bonchev–Trinajstić information content (AvgIpc) is 2.87. The van der Waals surface area contributed by atoms with Crippen molar-refractivity contribution in [2.24, 2.45) is 5.92 Å². The maximum absolute atomic E-state index is 13.3. The highest BCUT2D eigenvalue weighted by Gasteiger charge is 2.28. The summed E-state index contributed by atoms with van der Waals surface area (Å²) in [7, 11) is 0. The van der Waals surface area contributed by atoms with Gasteiger partial charge >= 0.3 is 11.9 Å².